The Morgan fingerprint density at radius 1 is 0.719 bits per heavy atom. The van der Waals surface area contributed by atoms with Gasteiger partial charge in [0.1, 0.15) is 18.1 Å². The second kappa shape index (κ2) is 13.2. The maximum Gasteiger partial charge on any atom is 0.326 e. The van der Waals surface area contributed by atoms with Gasteiger partial charge in [0.15, 0.2) is 0 Å². The summed E-state index contributed by atoms with van der Waals surface area (Å²) >= 11 is 0. The van der Waals surface area contributed by atoms with Crippen LogP contribution in [0.2, 0.25) is 0 Å². The van der Waals surface area contributed by atoms with Gasteiger partial charge in [-0.25, -0.2) is 4.79 Å². The Kier molecular flexibility index (Phi) is 11.9. The van der Waals surface area contributed by atoms with Gasteiger partial charge in [-0.2, -0.15) is 0 Å². The molecule has 0 aliphatic rings. The highest BCUT2D eigenvalue weighted by Crippen LogP contribution is 2.08. The van der Waals surface area contributed by atoms with E-state index in [9.17, 15) is 28.8 Å². The zero-order chi connectivity index (χ0) is 25.2. The lowest BCUT2D eigenvalue weighted by Crippen LogP contribution is -2.59. The Morgan fingerprint density at radius 3 is 1.53 bits per heavy atom. The van der Waals surface area contributed by atoms with E-state index in [4.69, 9.17) is 21.1 Å². The predicted octanol–water partition coefficient (Wildman–Crippen LogP) is -1.50. The van der Waals surface area contributed by atoms with Crippen molar-refractivity contribution >= 4 is 35.6 Å². The van der Waals surface area contributed by atoms with E-state index < -0.39 is 78.1 Å². The summed E-state index contributed by atoms with van der Waals surface area (Å²) in [4.78, 5) is 70.2. The summed E-state index contributed by atoms with van der Waals surface area (Å²) in [5.74, 6) is -7.40. The first-order valence-electron chi connectivity index (χ1n) is 10.00. The number of nitrogens with one attached hydrogen (secondary N) is 3. The minimum atomic E-state index is -1.69. The van der Waals surface area contributed by atoms with Gasteiger partial charge in [0.05, 0.1) is 12.5 Å². The maximum absolute atomic E-state index is 12.8. The number of carboxylic acids is 3. The molecule has 0 aliphatic heterocycles. The first kappa shape index (κ1) is 28.8. The zero-order valence-corrected chi connectivity index (χ0v) is 18.5. The number of hydrogen-bond donors (Lipinski definition) is 7. The van der Waals surface area contributed by atoms with Gasteiger partial charge in [0.25, 0.3) is 0 Å². The van der Waals surface area contributed by atoms with Crippen LogP contribution in [0.25, 0.3) is 0 Å². The van der Waals surface area contributed by atoms with Crippen molar-refractivity contribution in [2.75, 3.05) is 0 Å². The van der Waals surface area contributed by atoms with Crippen molar-refractivity contribution in [3.05, 3.63) is 0 Å². The molecule has 0 spiro atoms. The van der Waals surface area contributed by atoms with Crippen LogP contribution >= 0.6 is 0 Å². The third kappa shape index (κ3) is 10.2. The summed E-state index contributed by atoms with van der Waals surface area (Å²) in [6.07, 6.45) is -1.31. The van der Waals surface area contributed by atoms with Crippen molar-refractivity contribution in [2.45, 2.75) is 71.1 Å². The molecule has 0 fully saturated rings. The van der Waals surface area contributed by atoms with Crippen molar-refractivity contribution in [1.29, 1.82) is 0 Å². The van der Waals surface area contributed by atoms with Gasteiger partial charge in [0.2, 0.25) is 17.7 Å². The summed E-state index contributed by atoms with van der Waals surface area (Å²) in [5, 5.41) is 33.6. The predicted molar refractivity (Wildman–Crippen MR) is 110 cm³/mol. The van der Waals surface area contributed by atoms with Crippen LogP contribution < -0.4 is 21.7 Å². The minimum absolute atomic E-state index is 0.134. The number of carboxylic acid groups (broad SMARTS) is 3. The van der Waals surface area contributed by atoms with Crippen LogP contribution in [0.4, 0.5) is 0 Å². The standard InChI is InChI=1S/C19H32N4O9/c1-8(2)14(17(29)21-11(19(31)32)7-13(26)27)23-18(30)15(9(3)4)22-16(28)10(20)5-6-12(24)25/h8-11,14-15H,5-7,20H2,1-4H3,(H,21,29)(H,22,28)(H,23,30)(H,24,25)(H,26,27)(H,31,32). The monoisotopic (exact) mass is 460 g/mol. The fraction of sp³-hybridized carbons (Fsp3) is 0.684. The van der Waals surface area contributed by atoms with Crippen LogP contribution in [0, 0.1) is 11.8 Å². The number of rotatable bonds is 14. The summed E-state index contributed by atoms with van der Waals surface area (Å²) < 4.78 is 0. The average molecular weight is 460 g/mol. The van der Waals surface area contributed by atoms with Gasteiger partial charge < -0.3 is 37.0 Å². The molecule has 0 aromatic heterocycles. The van der Waals surface area contributed by atoms with Gasteiger partial charge in [-0.3, -0.25) is 24.0 Å². The molecule has 0 aromatic carbocycles. The van der Waals surface area contributed by atoms with Gasteiger partial charge in [-0.15, -0.1) is 0 Å². The van der Waals surface area contributed by atoms with E-state index >= 15 is 0 Å². The van der Waals surface area contributed by atoms with Crippen LogP contribution in [0.15, 0.2) is 0 Å². The first-order valence-corrected chi connectivity index (χ1v) is 10.00. The molecule has 0 heterocycles. The highest BCUT2D eigenvalue weighted by atomic mass is 16.4. The highest BCUT2D eigenvalue weighted by Gasteiger charge is 2.33. The Morgan fingerprint density at radius 2 is 1.16 bits per heavy atom. The molecule has 0 radical (unpaired) electrons. The molecule has 0 aliphatic carbocycles. The van der Waals surface area contributed by atoms with Crippen molar-refractivity contribution < 1.29 is 44.1 Å². The van der Waals surface area contributed by atoms with Crippen molar-refractivity contribution in [1.82, 2.24) is 16.0 Å². The molecule has 0 saturated heterocycles. The molecule has 182 valence electrons. The smallest absolute Gasteiger partial charge is 0.326 e. The fourth-order valence-electron chi connectivity index (χ4n) is 2.62. The van der Waals surface area contributed by atoms with E-state index in [2.05, 4.69) is 16.0 Å². The number of hydrogen-bond acceptors (Lipinski definition) is 7. The molecule has 13 heteroatoms. The Hall–Kier alpha value is -3.22. The van der Waals surface area contributed by atoms with Gasteiger partial charge >= 0.3 is 17.9 Å². The molecule has 4 atom stereocenters. The van der Waals surface area contributed by atoms with Crippen LogP contribution in [0.1, 0.15) is 47.0 Å². The number of amides is 3. The summed E-state index contributed by atoms with van der Waals surface area (Å²) in [6.45, 7) is 6.43. The highest BCUT2D eigenvalue weighted by molar-refractivity contribution is 5.94. The lowest BCUT2D eigenvalue weighted by molar-refractivity contribution is -0.147. The molecule has 0 saturated carbocycles. The van der Waals surface area contributed by atoms with Gasteiger partial charge in [-0.05, 0) is 18.3 Å². The van der Waals surface area contributed by atoms with E-state index in [1.54, 1.807) is 27.7 Å². The minimum Gasteiger partial charge on any atom is -0.481 e. The molecule has 0 aromatic rings. The summed E-state index contributed by atoms with van der Waals surface area (Å²) in [7, 11) is 0. The second-order valence-electron chi connectivity index (χ2n) is 8.00. The number of nitrogens with two attached hydrogens (primary N) is 1. The second-order valence-corrected chi connectivity index (χ2v) is 8.00. The van der Waals surface area contributed by atoms with Crippen molar-refractivity contribution in [3.63, 3.8) is 0 Å². The van der Waals surface area contributed by atoms with E-state index in [0.717, 1.165) is 0 Å². The SMILES string of the molecule is CC(C)C(NC(=O)C(N)CCC(=O)O)C(=O)NC(C(=O)NC(CC(=O)O)C(=O)O)C(C)C. The number of carbonyl (C=O) groups excluding carboxylic acids is 3. The first-order chi connectivity index (χ1) is 14.7. The Bertz CT molecular complexity index is 724. The topological polar surface area (TPSA) is 225 Å². The normalized spacial score (nSPS) is 14.7. The molecule has 13 nitrogen and oxygen atoms in total. The van der Waals surface area contributed by atoms with E-state index in [1.165, 1.54) is 0 Å². The third-order valence-corrected chi connectivity index (χ3v) is 4.49. The lowest BCUT2D eigenvalue weighted by Gasteiger charge is -2.28. The fourth-order valence-corrected chi connectivity index (χ4v) is 2.62. The molecule has 8 N–H and O–H groups in total. The van der Waals surface area contributed by atoms with Crippen molar-refractivity contribution in [3.8, 4) is 0 Å². The zero-order valence-electron chi connectivity index (χ0n) is 18.5. The molecular weight excluding hydrogens is 428 g/mol. The molecular formula is C19H32N4O9. The molecule has 32 heavy (non-hydrogen) atoms. The van der Waals surface area contributed by atoms with Crippen LogP contribution in [0.5, 0.6) is 0 Å². The quantitative estimate of drug-likeness (QED) is 0.159. The average Bonchev–Trinajstić information content (AvgIpc) is 2.66. The van der Waals surface area contributed by atoms with Crippen LogP contribution in [-0.2, 0) is 28.8 Å². The maximum atomic E-state index is 12.8. The molecule has 3 amide bonds. The Labute approximate surface area is 185 Å². The van der Waals surface area contributed by atoms with E-state index in [0.29, 0.717) is 0 Å². The summed E-state index contributed by atoms with van der Waals surface area (Å²) in [5.41, 5.74) is 5.66. The van der Waals surface area contributed by atoms with E-state index in [1.807, 2.05) is 0 Å². The molecule has 4 unspecified atom stereocenters. The van der Waals surface area contributed by atoms with E-state index in [-0.39, 0.29) is 12.8 Å². The Balaban J connectivity index is 5.33. The summed E-state index contributed by atoms with van der Waals surface area (Å²) in [6, 6.07) is -5.17. The van der Waals surface area contributed by atoms with Crippen LogP contribution in [-0.4, -0.2) is 75.1 Å². The van der Waals surface area contributed by atoms with Gasteiger partial charge in [0, 0.05) is 6.42 Å². The third-order valence-electron chi connectivity index (χ3n) is 4.49. The van der Waals surface area contributed by atoms with Crippen LogP contribution in [0.3, 0.4) is 0 Å². The molecule has 0 rings (SSSR count). The molecule has 0 bridgehead atoms. The van der Waals surface area contributed by atoms with Gasteiger partial charge in [-0.1, -0.05) is 27.7 Å². The lowest BCUT2D eigenvalue weighted by atomic mass is 9.98. The largest absolute Gasteiger partial charge is 0.481 e. The number of aliphatic carboxylic acids is 3. The number of carbonyl (C=O) groups is 6. The van der Waals surface area contributed by atoms with Crippen molar-refractivity contribution in [2.24, 2.45) is 17.6 Å².